The molecule has 2 aliphatic rings. The van der Waals surface area contributed by atoms with Gasteiger partial charge < -0.3 is 14.4 Å². The highest BCUT2D eigenvalue weighted by molar-refractivity contribution is 6.32. The zero-order chi connectivity index (χ0) is 19.0. The van der Waals surface area contributed by atoms with Crippen LogP contribution in [0, 0.1) is 0 Å². The van der Waals surface area contributed by atoms with Gasteiger partial charge in [-0.25, -0.2) is 0 Å². The second-order valence-electron chi connectivity index (χ2n) is 6.86. The van der Waals surface area contributed by atoms with Gasteiger partial charge in [-0.05, 0) is 48.2 Å². The Morgan fingerprint density at radius 1 is 0.926 bits per heavy atom. The van der Waals surface area contributed by atoms with Crippen molar-refractivity contribution in [3.63, 3.8) is 0 Å². The Morgan fingerprint density at radius 2 is 1.56 bits per heavy atom. The highest BCUT2D eigenvalue weighted by atomic mass is 35.5. The molecule has 2 aliphatic heterocycles. The second-order valence-corrected chi connectivity index (χ2v) is 7.67. The summed E-state index contributed by atoms with van der Waals surface area (Å²) < 4.78 is 10.6. The number of hydrogen-bond acceptors (Lipinski definition) is 4. The molecule has 1 fully saturated rings. The number of aliphatic imine (C=N–C) groups is 1. The van der Waals surface area contributed by atoms with Crippen LogP contribution >= 0.6 is 23.2 Å². The third-order valence-corrected chi connectivity index (χ3v) is 6.01. The number of fused-ring (bicyclic) bond motifs is 1. The average molecular weight is 405 g/mol. The molecular formula is C21H22Cl2N2O2. The third-order valence-electron chi connectivity index (χ3n) is 5.36. The van der Waals surface area contributed by atoms with Crippen molar-refractivity contribution in [2.75, 3.05) is 20.8 Å². The van der Waals surface area contributed by atoms with E-state index in [0.29, 0.717) is 10.0 Å². The predicted molar refractivity (Wildman–Crippen MR) is 109 cm³/mol. The van der Waals surface area contributed by atoms with Gasteiger partial charge >= 0.3 is 0 Å². The van der Waals surface area contributed by atoms with E-state index < -0.39 is 0 Å². The van der Waals surface area contributed by atoms with Crippen LogP contribution in [0.3, 0.4) is 0 Å². The summed E-state index contributed by atoms with van der Waals surface area (Å²) in [6.45, 7) is 0.982. The molecule has 2 heterocycles. The Labute approximate surface area is 169 Å². The van der Waals surface area contributed by atoms with Crippen molar-refractivity contribution in [2.45, 2.75) is 31.3 Å². The Morgan fingerprint density at radius 3 is 2.15 bits per heavy atom. The van der Waals surface area contributed by atoms with Crippen LogP contribution in [0.15, 0.2) is 41.4 Å². The minimum Gasteiger partial charge on any atom is -0.497 e. The molecule has 0 amide bonds. The van der Waals surface area contributed by atoms with Gasteiger partial charge in [-0.3, -0.25) is 4.99 Å². The number of nitrogens with zero attached hydrogens (tertiary/aromatic N) is 2. The standard InChI is InChI=1S/C21H22Cl2N2O2/c1-26-13-6-8-15(17(22)11-13)20-21(25-10-4-3-5-19(25)24-20)16-9-7-14(27-2)12-18(16)23/h6-9,11-12,20-21H,3-5,10H2,1-2H3. The first-order valence-corrected chi connectivity index (χ1v) is 9.88. The fraction of sp³-hybridized carbons (Fsp3) is 0.381. The molecule has 142 valence electrons. The summed E-state index contributed by atoms with van der Waals surface area (Å²) in [5.41, 5.74) is 2.05. The Hall–Kier alpha value is -1.91. The van der Waals surface area contributed by atoms with E-state index in [1.54, 1.807) is 14.2 Å². The van der Waals surface area contributed by atoms with E-state index in [0.717, 1.165) is 47.8 Å². The Bertz CT molecular complexity index is 884. The van der Waals surface area contributed by atoms with Gasteiger partial charge in [-0.1, -0.05) is 35.3 Å². The molecule has 2 unspecified atom stereocenters. The number of ether oxygens (including phenoxy) is 2. The molecule has 0 spiro atoms. The molecule has 2 aromatic carbocycles. The molecule has 0 radical (unpaired) electrons. The minimum absolute atomic E-state index is 0.0320. The molecular weight excluding hydrogens is 383 g/mol. The second kappa shape index (κ2) is 7.61. The van der Waals surface area contributed by atoms with Crippen LogP contribution < -0.4 is 9.47 Å². The number of methoxy groups -OCH3 is 2. The van der Waals surface area contributed by atoms with Gasteiger partial charge in [0, 0.05) is 23.0 Å². The van der Waals surface area contributed by atoms with E-state index in [4.69, 9.17) is 37.7 Å². The zero-order valence-corrected chi connectivity index (χ0v) is 16.9. The SMILES string of the molecule is COc1ccc(C2N=C3CCCCN3C2c2ccc(OC)cc2Cl)c(Cl)c1. The van der Waals surface area contributed by atoms with Crippen LogP contribution in [0.1, 0.15) is 42.5 Å². The lowest BCUT2D eigenvalue weighted by Gasteiger charge is -2.34. The Balaban J connectivity index is 1.79. The summed E-state index contributed by atoms with van der Waals surface area (Å²) >= 11 is 13.3. The van der Waals surface area contributed by atoms with E-state index >= 15 is 0 Å². The van der Waals surface area contributed by atoms with Crippen LogP contribution in [-0.4, -0.2) is 31.5 Å². The third kappa shape index (κ3) is 3.37. The van der Waals surface area contributed by atoms with Gasteiger partial charge in [0.2, 0.25) is 0 Å². The van der Waals surface area contributed by atoms with Crippen molar-refractivity contribution in [3.8, 4) is 11.5 Å². The van der Waals surface area contributed by atoms with Crippen LogP contribution in [0.2, 0.25) is 10.0 Å². The maximum Gasteiger partial charge on any atom is 0.120 e. The first-order chi connectivity index (χ1) is 13.1. The summed E-state index contributed by atoms with van der Waals surface area (Å²) in [5, 5.41) is 1.36. The molecule has 4 rings (SSSR count). The molecule has 2 atom stereocenters. The number of halogens is 2. The van der Waals surface area contributed by atoms with Crippen molar-refractivity contribution >= 4 is 29.0 Å². The summed E-state index contributed by atoms with van der Waals surface area (Å²) in [6, 6.07) is 11.6. The lowest BCUT2D eigenvalue weighted by molar-refractivity contribution is 0.286. The number of piperidine rings is 1. The average Bonchev–Trinajstić information content (AvgIpc) is 3.06. The minimum atomic E-state index is -0.0950. The first-order valence-electron chi connectivity index (χ1n) is 9.12. The van der Waals surface area contributed by atoms with Crippen LogP contribution in [0.25, 0.3) is 0 Å². The molecule has 0 saturated carbocycles. The molecule has 2 aromatic rings. The summed E-state index contributed by atoms with van der Waals surface area (Å²) in [4.78, 5) is 7.46. The monoisotopic (exact) mass is 404 g/mol. The predicted octanol–water partition coefficient (Wildman–Crippen LogP) is 5.69. The lowest BCUT2D eigenvalue weighted by atomic mass is 9.92. The van der Waals surface area contributed by atoms with Crippen molar-refractivity contribution < 1.29 is 9.47 Å². The fourth-order valence-corrected chi connectivity index (χ4v) is 4.57. The molecule has 0 aliphatic carbocycles. The number of hydrogen-bond donors (Lipinski definition) is 0. The molecule has 0 N–H and O–H groups in total. The molecule has 0 bridgehead atoms. The maximum atomic E-state index is 6.65. The maximum absolute atomic E-state index is 6.65. The topological polar surface area (TPSA) is 34.1 Å². The van der Waals surface area contributed by atoms with Gasteiger partial charge in [0.05, 0.1) is 20.3 Å². The number of amidine groups is 1. The van der Waals surface area contributed by atoms with E-state index in [9.17, 15) is 0 Å². The smallest absolute Gasteiger partial charge is 0.120 e. The van der Waals surface area contributed by atoms with Crippen molar-refractivity contribution in [2.24, 2.45) is 4.99 Å². The quantitative estimate of drug-likeness (QED) is 0.655. The van der Waals surface area contributed by atoms with E-state index in [1.807, 2.05) is 36.4 Å². The van der Waals surface area contributed by atoms with Crippen LogP contribution in [0.4, 0.5) is 0 Å². The van der Waals surface area contributed by atoms with E-state index in [2.05, 4.69) is 4.90 Å². The van der Waals surface area contributed by atoms with Gasteiger partial charge in [0.1, 0.15) is 23.4 Å². The lowest BCUT2D eigenvalue weighted by Crippen LogP contribution is -2.35. The molecule has 0 aromatic heterocycles. The van der Waals surface area contributed by atoms with Crippen LogP contribution in [-0.2, 0) is 0 Å². The molecule has 6 heteroatoms. The van der Waals surface area contributed by atoms with E-state index in [-0.39, 0.29) is 12.1 Å². The molecule has 1 saturated heterocycles. The van der Waals surface area contributed by atoms with Gasteiger partial charge in [0.25, 0.3) is 0 Å². The summed E-state index contributed by atoms with van der Waals surface area (Å²) in [7, 11) is 3.29. The van der Waals surface area contributed by atoms with Gasteiger partial charge in [0.15, 0.2) is 0 Å². The first kappa shape index (κ1) is 18.5. The highest BCUT2D eigenvalue weighted by Gasteiger charge is 2.40. The van der Waals surface area contributed by atoms with Gasteiger partial charge in [-0.15, -0.1) is 0 Å². The summed E-state index contributed by atoms with van der Waals surface area (Å²) in [6.07, 6.45) is 3.32. The zero-order valence-electron chi connectivity index (χ0n) is 15.4. The normalized spacial score (nSPS) is 21.6. The van der Waals surface area contributed by atoms with Crippen molar-refractivity contribution in [1.29, 1.82) is 0 Å². The van der Waals surface area contributed by atoms with Crippen LogP contribution in [0.5, 0.6) is 11.5 Å². The van der Waals surface area contributed by atoms with Crippen molar-refractivity contribution in [1.82, 2.24) is 4.90 Å². The van der Waals surface area contributed by atoms with Crippen molar-refractivity contribution in [3.05, 3.63) is 57.6 Å². The van der Waals surface area contributed by atoms with E-state index in [1.165, 1.54) is 6.42 Å². The molecule has 4 nitrogen and oxygen atoms in total. The highest BCUT2D eigenvalue weighted by Crippen LogP contribution is 2.48. The molecule has 27 heavy (non-hydrogen) atoms. The number of rotatable bonds is 4. The fourth-order valence-electron chi connectivity index (χ4n) is 4.00. The summed E-state index contributed by atoms with van der Waals surface area (Å²) in [5.74, 6) is 2.64. The van der Waals surface area contributed by atoms with Gasteiger partial charge in [-0.2, -0.15) is 0 Å². The number of benzene rings is 2. The largest absolute Gasteiger partial charge is 0.497 e. The Kier molecular flexibility index (Phi) is 5.20.